The molecule has 0 saturated heterocycles. The molecule has 2 heterocycles. The Labute approximate surface area is 155 Å². The van der Waals surface area contributed by atoms with Gasteiger partial charge in [0.2, 0.25) is 0 Å². The molecule has 7 heteroatoms. The number of amides is 2. The largest absolute Gasteiger partial charge is 0.365 e. The van der Waals surface area contributed by atoms with Crippen LogP contribution >= 0.6 is 11.3 Å². The SMILES string of the molecule is CC1(C)Cc2c(sc(NC(=O)c3cccc(F)c3)c2C(N)=O)C(C)(C)[NH2+]1. The number of rotatable bonds is 3. The molecule has 0 aliphatic carbocycles. The molecule has 5 nitrogen and oxygen atoms in total. The summed E-state index contributed by atoms with van der Waals surface area (Å²) in [6.45, 7) is 8.41. The van der Waals surface area contributed by atoms with Crippen LogP contribution in [0.1, 0.15) is 58.9 Å². The van der Waals surface area contributed by atoms with Crippen molar-refractivity contribution in [3.05, 3.63) is 51.7 Å². The molecule has 138 valence electrons. The van der Waals surface area contributed by atoms with Gasteiger partial charge in [0.1, 0.15) is 16.4 Å². The van der Waals surface area contributed by atoms with Gasteiger partial charge >= 0.3 is 0 Å². The topological polar surface area (TPSA) is 88.8 Å². The van der Waals surface area contributed by atoms with Crippen molar-refractivity contribution in [1.82, 2.24) is 0 Å². The molecule has 0 atom stereocenters. The first kappa shape index (κ1) is 18.5. The number of hydrogen-bond donors (Lipinski definition) is 3. The van der Waals surface area contributed by atoms with Crippen LogP contribution in [0.15, 0.2) is 24.3 Å². The number of thiophene rings is 1. The zero-order chi connectivity index (χ0) is 19.3. The van der Waals surface area contributed by atoms with E-state index in [1.807, 2.05) is 0 Å². The van der Waals surface area contributed by atoms with E-state index in [1.165, 1.54) is 29.5 Å². The van der Waals surface area contributed by atoms with Crippen LogP contribution in [0.5, 0.6) is 0 Å². The molecule has 2 amide bonds. The Hall–Kier alpha value is -2.25. The highest BCUT2D eigenvalue weighted by atomic mass is 32.1. The molecule has 26 heavy (non-hydrogen) atoms. The molecule has 0 radical (unpaired) electrons. The third-order valence-corrected chi connectivity index (χ3v) is 6.02. The van der Waals surface area contributed by atoms with Gasteiger partial charge in [-0.1, -0.05) is 6.07 Å². The van der Waals surface area contributed by atoms with Crippen molar-refractivity contribution in [2.24, 2.45) is 5.73 Å². The molecule has 1 aliphatic heterocycles. The number of nitrogens with one attached hydrogen (secondary N) is 1. The zero-order valence-corrected chi connectivity index (χ0v) is 16.1. The first-order chi connectivity index (χ1) is 12.0. The maximum atomic E-state index is 13.4. The second kappa shape index (κ2) is 6.17. The van der Waals surface area contributed by atoms with Crippen LogP contribution in [0.25, 0.3) is 0 Å². The summed E-state index contributed by atoms with van der Waals surface area (Å²) in [5.41, 5.74) is 6.77. The highest BCUT2D eigenvalue weighted by molar-refractivity contribution is 7.17. The maximum Gasteiger partial charge on any atom is 0.256 e. The molecule has 1 aromatic carbocycles. The van der Waals surface area contributed by atoms with E-state index in [9.17, 15) is 14.0 Å². The molecule has 3 rings (SSSR count). The lowest BCUT2D eigenvalue weighted by atomic mass is 9.81. The van der Waals surface area contributed by atoms with Crippen LogP contribution < -0.4 is 16.4 Å². The number of primary amides is 1. The standard InChI is InChI=1S/C19H22FN3O2S/c1-18(2)9-12-13(15(21)24)17(26-14(12)19(3,4)23-18)22-16(25)10-6-5-7-11(20)8-10/h5-8,23H,9H2,1-4H3,(H2,21,24)(H,22,25)/p+1. The number of hydrogen-bond acceptors (Lipinski definition) is 3. The molecule has 0 unspecified atom stereocenters. The summed E-state index contributed by atoms with van der Waals surface area (Å²) >= 11 is 1.37. The summed E-state index contributed by atoms with van der Waals surface area (Å²) in [7, 11) is 0. The second-order valence-electron chi connectivity index (χ2n) is 7.97. The van der Waals surface area contributed by atoms with Crippen molar-refractivity contribution in [3.63, 3.8) is 0 Å². The smallest absolute Gasteiger partial charge is 0.256 e. The molecular weight excluding hydrogens is 353 g/mol. The Balaban J connectivity index is 2.05. The van der Waals surface area contributed by atoms with Crippen LogP contribution in [0.4, 0.5) is 9.39 Å². The summed E-state index contributed by atoms with van der Waals surface area (Å²) in [5, 5.41) is 5.45. The molecule has 0 bridgehead atoms. The van der Waals surface area contributed by atoms with Gasteiger partial charge in [-0.25, -0.2) is 4.39 Å². The van der Waals surface area contributed by atoms with Crippen LogP contribution in [0.2, 0.25) is 0 Å². The van der Waals surface area contributed by atoms with Crippen LogP contribution in [0, 0.1) is 5.82 Å². The lowest BCUT2D eigenvalue weighted by molar-refractivity contribution is -0.789. The Kier molecular flexibility index (Phi) is 4.40. The first-order valence-corrected chi connectivity index (χ1v) is 9.22. The fourth-order valence-corrected chi connectivity index (χ4v) is 5.15. The average molecular weight is 376 g/mol. The van der Waals surface area contributed by atoms with Gasteiger partial charge in [0.25, 0.3) is 11.8 Å². The Morgan fingerprint density at radius 2 is 1.96 bits per heavy atom. The highest BCUT2D eigenvalue weighted by Crippen LogP contribution is 2.42. The molecule has 5 N–H and O–H groups in total. The van der Waals surface area contributed by atoms with E-state index in [0.29, 0.717) is 17.0 Å². The first-order valence-electron chi connectivity index (χ1n) is 8.40. The predicted octanol–water partition coefficient (Wildman–Crippen LogP) is 2.37. The van der Waals surface area contributed by atoms with Crippen molar-refractivity contribution < 1.29 is 19.3 Å². The van der Waals surface area contributed by atoms with E-state index in [-0.39, 0.29) is 16.6 Å². The van der Waals surface area contributed by atoms with Gasteiger partial charge in [-0.05, 0) is 51.5 Å². The second-order valence-corrected chi connectivity index (χ2v) is 8.99. The highest BCUT2D eigenvalue weighted by Gasteiger charge is 2.45. The van der Waals surface area contributed by atoms with Crippen molar-refractivity contribution >= 4 is 28.2 Å². The summed E-state index contributed by atoms with van der Waals surface area (Å²) in [6.07, 6.45) is 0.677. The third kappa shape index (κ3) is 3.37. The third-order valence-electron chi connectivity index (χ3n) is 4.54. The van der Waals surface area contributed by atoms with Crippen molar-refractivity contribution in [2.75, 3.05) is 5.32 Å². The quantitative estimate of drug-likeness (QED) is 0.768. The number of halogens is 1. The van der Waals surface area contributed by atoms with Crippen LogP contribution in [0.3, 0.4) is 0 Å². The van der Waals surface area contributed by atoms with Crippen molar-refractivity contribution in [2.45, 2.75) is 45.2 Å². The van der Waals surface area contributed by atoms with Crippen molar-refractivity contribution in [1.29, 1.82) is 0 Å². The van der Waals surface area contributed by atoms with Crippen LogP contribution in [-0.4, -0.2) is 17.4 Å². The van der Waals surface area contributed by atoms with E-state index in [4.69, 9.17) is 5.73 Å². The number of fused-ring (bicyclic) bond motifs is 1. The predicted molar refractivity (Wildman–Crippen MR) is 99.9 cm³/mol. The minimum Gasteiger partial charge on any atom is -0.365 e. The Bertz CT molecular complexity index is 902. The fourth-order valence-electron chi connectivity index (χ4n) is 3.86. The van der Waals surface area contributed by atoms with Gasteiger partial charge in [0.15, 0.2) is 0 Å². The van der Waals surface area contributed by atoms with Gasteiger partial charge in [-0.2, -0.15) is 0 Å². The van der Waals surface area contributed by atoms with Gasteiger partial charge < -0.3 is 16.4 Å². The number of carbonyl (C=O) groups is 2. The molecule has 0 saturated carbocycles. The Morgan fingerprint density at radius 1 is 1.27 bits per heavy atom. The molecule has 2 aromatic rings. The van der Waals surface area contributed by atoms with E-state index < -0.39 is 17.6 Å². The molecule has 1 aliphatic rings. The number of benzene rings is 1. The lowest BCUT2D eigenvalue weighted by Crippen LogP contribution is -3.03. The minimum atomic E-state index is -0.564. The molecular formula is C19H23FN3O2S+. The Morgan fingerprint density at radius 3 is 2.58 bits per heavy atom. The van der Waals surface area contributed by atoms with E-state index >= 15 is 0 Å². The zero-order valence-electron chi connectivity index (χ0n) is 15.3. The number of anilines is 1. The number of carbonyl (C=O) groups excluding carboxylic acids is 2. The minimum absolute atomic E-state index is 0.0917. The number of quaternary nitrogens is 1. The molecule has 0 spiro atoms. The van der Waals surface area contributed by atoms with Gasteiger partial charge in [-0.15, -0.1) is 11.3 Å². The monoisotopic (exact) mass is 376 g/mol. The summed E-state index contributed by atoms with van der Waals surface area (Å²) in [5.74, 6) is -1.52. The van der Waals surface area contributed by atoms with Crippen molar-refractivity contribution in [3.8, 4) is 0 Å². The molecule has 1 aromatic heterocycles. The van der Waals surface area contributed by atoms with E-state index in [1.54, 1.807) is 0 Å². The van der Waals surface area contributed by atoms with Gasteiger partial charge in [-0.3, -0.25) is 9.59 Å². The van der Waals surface area contributed by atoms with E-state index in [2.05, 4.69) is 38.3 Å². The van der Waals surface area contributed by atoms with E-state index in [0.717, 1.165) is 16.5 Å². The summed E-state index contributed by atoms with van der Waals surface area (Å²) < 4.78 is 13.4. The average Bonchev–Trinajstić information content (AvgIpc) is 2.84. The maximum absolute atomic E-state index is 13.4. The lowest BCUT2D eigenvalue weighted by Gasteiger charge is -2.38. The van der Waals surface area contributed by atoms with Gasteiger partial charge in [0.05, 0.1) is 16.0 Å². The number of nitrogens with two attached hydrogens (primary N) is 2. The van der Waals surface area contributed by atoms with Crippen LogP contribution in [-0.2, 0) is 12.0 Å². The summed E-state index contributed by atoms with van der Waals surface area (Å²) in [4.78, 5) is 25.7. The summed E-state index contributed by atoms with van der Waals surface area (Å²) in [6, 6.07) is 5.43. The fraction of sp³-hybridized carbons (Fsp3) is 0.368. The molecule has 0 fully saturated rings. The van der Waals surface area contributed by atoms with Gasteiger partial charge in [0, 0.05) is 12.0 Å². The normalized spacial score (nSPS) is 17.4.